The number of aliphatic hydroxyl groups is 1. The second-order valence-electron chi connectivity index (χ2n) is 18.5. The molecule has 1 amide bonds. The fourth-order valence-electron chi connectivity index (χ4n) is 9.82. The Hall–Kier alpha value is -3.74. The van der Waals surface area contributed by atoms with Crippen LogP contribution < -0.4 is 5.73 Å². The molecule has 0 saturated carbocycles. The number of aryl methyl sites for hydroxylation is 1. The first-order valence-electron chi connectivity index (χ1n) is 21.7. The van der Waals surface area contributed by atoms with E-state index >= 15 is 4.39 Å². The van der Waals surface area contributed by atoms with Crippen LogP contribution >= 0.6 is 0 Å². The van der Waals surface area contributed by atoms with Gasteiger partial charge in [0.25, 0.3) is 5.67 Å². The Kier molecular flexibility index (Phi) is 15.3. The zero-order valence-corrected chi connectivity index (χ0v) is 38.2. The molecule has 0 spiro atoms. The number of aliphatic hydroxyl groups excluding tert-OH is 1. The van der Waals surface area contributed by atoms with Crippen LogP contribution in [0.1, 0.15) is 87.5 Å². The molecule has 1 aromatic carbocycles. The van der Waals surface area contributed by atoms with Crippen molar-refractivity contribution in [2.75, 3.05) is 47.1 Å². The molecule has 4 heterocycles. The van der Waals surface area contributed by atoms with Gasteiger partial charge in [-0.1, -0.05) is 38.1 Å². The first-order valence-corrected chi connectivity index (χ1v) is 21.7. The van der Waals surface area contributed by atoms with Crippen LogP contribution in [0.4, 0.5) is 14.9 Å². The zero-order valence-electron chi connectivity index (χ0n) is 38.2. The molecule has 13 atom stereocenters. The molecule has 17 heteroatoms. The Morgan fingerprint density at radius 3 is 2.41 bits per heavy atom. The summed E-state index contributed by atoms with van der Waals surface area (Å²) < 4.78 is 49.8. The van der Waals surface area contributed by atoms with E-state index < -0.39 is 71.3 Å². The largest absolute Gasteiger partial charge is 0.455 e. The van der Waals surface area contributed by atoms with Crippen molar-refractivity contribution in [1.29, 1.82) is 0 Å². The predicted octanol–water partition coefficient (Wildman–Crippen LogP) is 4.72. The first-order chi connectivity index (χ1) is 28.6. The van der Waals surface area contributed by atoms with Crippen LogP contribution in [-0.4, -0.2) is 160 Å². The molecule has 5 rings (SSSR count). The van der Waals surface area contributed by atoms with Gasteiger partial charge >= 0.3 is 12.1 Å². The van der Waals surface area contributed by atoms with Crippen molar-refractivity contribution in [3.05, 3.63) is 30.5 Å². The van der Waals surface area contributed by atoms with Crippen molar-refractivity contribution >= 4 is 23.5 Å². The fraction of sp³-hybridized carbons (Fsp3) is 0.750. The maximum absolute atomic E-state index is 17.0. The van der Waals surface area contributed by atoms with Gasteiger partial charge in [0, 0.05) is 56.0 Å². The van der Waals surface area contributed by atoms with E-state index in [9.17, 15) is 19.5 Å². The number of esters is 1. The molecule has 3 aliphatic heterocycles. The summed E-state index contributed by atoms with van der Waals surface area (Å²) in [5, 5.41) is 20.0. The number of nitrogens with two attached hydrogens (primary N) is 1. The molecule has 3 N–H and O–H groups in total. The summed E-state index contributed by atoms with van der Waals surface area (Å²) in [6, 6.07) is 6.14. The highest BCUT2D eigenvalue weighted by Crippen LogP contribution is 2.42. The van der Waals surface area contributed by atoms with E-state index in [0.29, 0.717) is 56.7 Å². The van der Waals surface area contributed by atoms with E-state index in [0.717, 1.165) is 12.5 Å². The van der Waals surface area contributed by atoms with Crippen molar-refractivity contribution < 1.29 is 47.6 Å². The zero-order chi connectivity index (χ0) is 45.2. The van der Waals surface area contributed by atoms with Gasteiger partial charge in [-0.25, -0.2) is 14.0 Å². The van der Waals surface area contributed by atoms with Crippen molar-refractivity contribution in [1.82, 2.24) is 29.7 Å². The van der Waals surface area contributed by atoms with Gasteiger partial charge in [0.05, 0.1) is 30.0 Å². The molecule has 1 aromatic heterocycles. The number of alkyl halides is 1. The second kappa shape index (κ2) is 19.3. The van der Waals surface area contributed by atoms with Crippen molar-refractivity contribution in [3.63, 3.8) is 0 Å². The van der Waals surface area contributed by atoms with Crippen LogP contribution in [0.25, 0.3) is 11.3 Å². The minimum absolute atomic E-state index is 0.101. The number of halogens is 1. The number of nitrogens with zero attached hydrogens (tertiary/aromatic N) is 6. The number of ether oxygens (including phenoxy) is 5. The van der Waals surface area contributed by atoms with E-state index in [-0.39, 0.29) is 30.5 Å². The standard InChI is InChI=1S/C44H70FN7O9/c1-13-34-44(8)36(52(41(56)61-44)20-15-14-19-51-25-32(47-48-51)30-17-16-18-31(46)22-30)29(5)50(11)24-26(2)23-42(6,57-12)38(28(4)37(54)43(7,45)40(55)59-34)60-39-35(53)33(49(9)10)21-27(3)58-39/h16-18,22,25-29,33-36,38-39,53H,13-15,19-21,23-24,46H2,1-12H3/t26-,27?,28+,29-,33?,34-,35?,36-,38-,39+,42-,43?,44-/m1/s1. The Bertz CT molecular complexity index is 1830. The van der Waals surface area contributed by atoms with E-state index in [4.69, 9.17) is 29.4 Å². The number of anilines is 1. The van der Waals surface area contributed by atoms with Gasteiger partial charge in [0.2, 0.25) is 0 Å². The number of ketones is 1. The minimum atomic E-state index is -3.13. The molecule has 0 aliphatic carbocycles. The van der Waals surface area contributed by atoms with Crippen LogP contribution in [-0.2, 0) is 39.8 Å². The fourth-order valence-corrected chi connectivity index (χ4v) is 9.82. The Labute approximate surface area is 360 Å². The van der Waals surface area contributed by atoms with Crippen LogP contribution in [0.15, 0.2) is 30.5 Å². The molecule has 16 nitrogen and oxygen atoms in total. The van der Waals surface area contributed by atoms with E-state index in [1.807, 2.05) is 70.4 Å². The van der Waals surface area contributed by atoms with Crippen LogP contribution in [0.3, 0.4) is 0 Å². The highest BCUT2D eigenvalue weighted by Gasteiger charge is 2.61. The van der Waals surface area contributed by atoms with Gasteiger partial charge in [-0.05, 0) is 106 Å². The molecule has 342 valence electrons. The molecule has 0 radical (unpaired) electrons. The molecule has 3 saturated heterocycles. The summed E-state index contributed by atoms with van der Waals surface area (Å²) >= 11 is 0. The number of benzene rings is 1. The number of hydrogen-bond acceptors (Lipinski definition) is 14. The number of amides is 1. The van der Waals surface area contributed by atoms with Crippen molar-refractivity contribution in [3.8, 4) is 11.3 Å². The number of likely N-dealkylation sites (N-methyl/N-ethyl adjacent to an activating group) is 2. The number of methoxy groups -OCH3 is 1. The summed E-state index contributed by atoms with van der Waals surface area (Å²) in [5.41, 5.74) is 2.38. The van der Waals surface area contributed by atoms with Gasteiger partial charge in [-0.3, -0.25) is 14.4 Å². The number of carbonyl (C=O) groups excluding carboxylic acids is 3. The molecule has 0 bridgehead atoms. The number of cyclic esters (lactones) is 1. The lowest BCUT2D eigenvalue weighted by Crippen LogP contribution is -2.61. The number of carbonyl (C=O) groups is 3. The minimum Gasteiger partial charge on any atom is -0.455 e. The average Bonchev–Trinajstić information content (AvgIpc) is 3.78. The Morgan fingerprint density at radius 2 is 1.77 bits per heavy atom. The molecule has 4 unspecified atom stereocenters. The van der Waals surface area contributed by atoms with Crippen LogP contribution in [0.2, 0.25) is 0 Å². The van der Waals surface area contributed by atoms with Gasteiger partial charge < -0.3 is 44.3 Å². The van der Waals surface area contributed by atoms with Gasteiger partial charge in [-0.2, -0.15) is 0 Å². The highest BCUT2D eigenvalue weighted by molar-refractivity contribution is 6.07. The molecule has 3 fully saturated rings. The highest BCUT2D eigenvalue weighted by atomic mass is 19.1. The number of nitrogen functional groups attached to an aromatic ring is 1. The summed E-state index contributed by atoms with van der Waals surface area (Å²) in [6.45, 7) is 15.0. The van der Waals surface area contributed by atoms with Gasteiger partial charge in [-0.15, -0.1) is 5.10 Å². The third-order valence-electron chi connectivity index (χ3n) is 13.3. The Balaban J connectivity index is 1.43. The summed E-state index contributed by atoms with van der Waals surface area (Å²) in [6.07, 6.45) is -1.22. The molecule has 3 aliphatic rings. The normalized spacial score (nSPS) is 37.2. The predicted molar refractivity (Wildman–Crippen MR) is 227 cm³/mol. The Morgan fingerprint density at radius 1 is 1.08 bits per heavy atom. The van der Waals surface area contributed by atoms with E-state index in [1.165, 1.54) is 14.0 Å². The lowest BCUT2D eigenvalue weighted by molar-refractivity contribution is -0.295. The molecule has 2 aromatic rings. The number of rotatable bonds is 11. The number of fused-ring (bicyclic) bond motifs is 1. The number of unbranched alkanes of at least 4 members (excludes halogenated alkanes) is 1. The number of aromatic nitrogens is 3. The lowest BCUT2D eigenvalue weighted by atomic mass is 9.77. The summed E-state index contributed by atoms with van der Waals surface area (Å²) in [7, 11) is 7.19. The van der Waals surface area contributed by atoms with Crippen LogP contribution in [0.5, 0.6) is 0 Å². The topological polar surface area (TPSA) is 184 Å². The van der Waals surface area contributed by atoms with Gasteiger partial charge in [0.1, 0.15) is 17.9 Å². The van der Waals surface area contributed by atoms with Crippen molar-refractivity contribution in [2.45, 2.75) is 160 Å². The molecular weight excluding hydrogens is 790 g/mol. The average molecular weight is 860 g/mol. The summed E-state index contributed by atoms with van der Waals surface area (Å²) in [5.74, 6) is -3.84. The lowest BCUT2D eigenvalue weighted by Gasteiger charge is -2.47. The van der Waals surface area contributed by atoms with Crippen molar-refractivity contribution in [2.24, 2.45) is 11.8 Å². The third kappa shape index (κ3) is 10.2. The maximum atomic E-state index is 17.0. The van der Waals surface area contributed by atoms with E-state index in [1.54, 1.807) is 30.4 Å². The SMILES string of the molecule is CC[C@H]1OC(=O)C(C)(F)C(=O)[C@H](C)[C@@H](O[C@@H]2OC(C)CC(N(C)C)C2O)[C@](C)(OC)C[C@@H](C)CN(C)[C@H](C)[C@H]2N(CCCCn3cc(-c4cccc(N)c4)nn3)C(=O)O[C@]12C. The number of Topliss-reactive ketones (excluding diaryl/α,β-unsaturated/α-hetero) is 1. The third-order valence-corrected chi connectivity index (χ3v) is 13.3. The quantitative estimate of drug-likeness (QED) is 0.137. The van der Waals surface area contributed by atoms with Gasteiger partial charge in [0.15, 0.2) is 17.7 Å². The number of hydrogen-bond donors (Lipinski definition) is 2. The molecular formula is C44H70FN7O9. The molecule has 61 heavy (non-hydrogen) atoms. The van der Waals surface area contributed by atoms with Crippen LogP contribution in [0, 0.1) is 11.8 Å². The smallest absolute Gasteiger partial charge is 0.410 e. The monoisotopic (exact) mass is 860 g/mol. The second-order valence-corrected chi connectivity index (χ2v) is 18.5. The maximum Gasteiger partial charge on any atom is 0.410 e. The van der Waals surface area contributed by atoms with E-state index in [2.05, 4.69) is 22.1 Å². The first kappa shape index (κ1) is 48.3. The summed E-state index contributed by atoms with van der Waals surface area (Å²) in [4.78, 5) is 48.0.